The van der Waals surface area contributed by atoms with Gasteiger partial charge in [0.2, 0.25) is 11.8 Å². The van der Waals surface area contributed by atoms with Crippen LogP contribution in [-0.4, -0.2) is 35.8 Å². The first kappa shape index (κ1) is 13.7. The average Bonchev–Trinajstić information content (AvgIpc) is 2.88. The summed E-state index contributed by atoms with van der Waals surface area (Å²) in [6.07, 6.45) is 1.92. The number of hydrogen-bond donors (Lipinski definition) is 0. The molecule has 4 nitrogen and oxygen atoms in total. The highest BCUT2D eigenvalue weighted by Gasteiger charge is 2.40. The normalized spacial score (nSPS) is 23.0. The summed E-state index contributed by atoms with van der Waals surface area (Å²) in [6, 6.07) is 4.86. The summed E-state index contributed by atoms with van der Waals surface area (Å²) >= 11 is 12.2. The van der Waals surface area contributed by atoms with E-state index in [9.17, 15) is 9.59 Å². The molecule has 0 aromatic heterocycles. The monoisotopic (exact) mass is 312 g/mol. The Morgan fingerprint density at radius 3 is 2.75 bits per heavy atom. The third-order valence-corrected chi connectivity index (χ3v) is 4.70. The fourth-order valence-electron chi connectivity index (χ4n) is 2.90. The number of carbonyl (C=O) groups is 2. The van der Waals surface area contributed by atoms with Gasteiger partial charge in [-0.05, 0) is 25.0 Å². The van der Waals surface area contributed by atoms with E-state index in [1.165, 1.54) is 0 Å². The van der Waals surface area contributed by atoms with Crippen molar-refractivity contribution in [2.45, 2.75) is 25.3 Å². The van der Waals surface area contributed by atoms with Gasteiger partial charge in [-0.2, -0.15) is 0 Å². The largest absolute Gasteiger partial charge is 0.331 e. The summed E-state index contributed by atoms with van der Waals surface area (Å²) in [5.74, 6) is -0.0148. The first-order valence-electron chi connectivity index (χ1n) is 6.64. The molecule has 1 atom stereocenters. The second-order valence-electron chi connectivity index (χ2n) is 5.06. The SMILES string of the molecule is O=C1C2CCCN2C(=O)CCN1c1cccc(Cl)c1Cl. The highest BCUT2D eigenvalue weighted by atomic mass is 35.5. The highest BCUT2D eigenvalue weighted by molar-refractivity contribution is 6.44. The molecule has 1 aromatic rings. The molecule has 3 rings (SSSR count). The van der Waals surface area contributed by atoms with Crippen LogP contribution in [0.25, 0.3) is 0 Å². The van der Waals surface area contributed by atoms with Gasteiger partial charge < -0.3 is 9.80 Å². The Morgan fingerprint density at radius 2 is 1.95 bits per heavy atom. The van der Waals surface area contributed by atoms with Gasteiger partial charge in [-0.1, -0.05) is 29.3 Å². The number of hydrogen-bond acceptors (Lipinski definition) is 2. The van der Waals surface area contributed by atoms with Crippen molar-refractivity contribution in [1.82, 2.24) is 4.90 Å². The summed E-state index contributed by atoms with van der Waals surface area (Å²) < 4.78 is 0. The molecule has 0 radical (unpaired) electrons. The second-order valence-corrected chi connectivity index (χ2v) is 5.84. The van der Waals surface area contributed by atoms with E-state index in [0.717, 1.165) is 12.8 Å². The lowest BCUT2D eigenvalue weighted by atomic mass is 10.2. The van der Waals surface area contributed by atoms with Crippen LogP contribution in [-0.2, 0) is 9.59 Å². The highest BCUT2D eigenvalue weighted by Crippen LogP contribution is 2.35. The Hall–Kier alpha value is -1.26. The lowest BCUT2D eigenvalue weighted by molar-refractivity contribution is -0.135. The van der Waals surface area contributed by atoms with Crippen LogP contribution in [0.3, 0.4) is 0 Å². The van der Waals surface area contributed by atoms with Crippen LogP contribution in [0.4, 0.5) is 5.69 Å². The van der Waals surface area contributed by atoms with E-state index < -0.39 is 0 Å². The van der Waals surface area contributed by atoms with Crippen LogP contribution >= 0.6 is 23.2 Å². The molecule has 20 heavy (non-hydrogen) atoms. The molecule has 0 saturated carbocycles. The zero-order chi connectivity index (χ0) is 14.3. The van der Waals surface area contributed by atoms with E-state index in [1.54, 1.807) is 28.0 Å². The van der Waals surface area contributed by atoms with E-state index in [2.05, 4.69) is 0 Å². The van der Waals surface area contributed by atoms with Crippen molar-refractivity contribution < 1.29 is 9.59 Å². The Balaban J connectivity index is 1.99. The maximum atomic E-state index is 12.7. The zero-order valence-electron chi connectivity index (χ0n) is 10.8. The van der Waals surface area contributed by atoms with Crippen molar-refractivity contribution >= 4 is 40.7 Å². The Bertz CT molecular complexity index is 576. The van der Waals surface area contributed by atoms with E-state index in [0.29, 0.717) is 35.2 Å². The molecule has 0 spiro atoms. The van der Waals surface area contributed by atoms with E-state index in [4.69, 9.17) is 23.2 Å². The topological polar surface area (TPSA) is 40.6 Å². The lowest BCUT2D eigenvalue weighted by Crippen LogP contribution is -2.43. The molecule has 2 aliphatic heterocycles. The molecule has 0 bridgehead atoms. The van der Waals surface area contributed by atoms with Gasteiger partial charge in [0.15, 0.2) is 0 Å². The number of rotatable bonds is 1. The number of anilines is 1. The van der Waals surface area contributed by atoms with Crippen molar-refractivity contribution in [1.29, 1.82) is 0 Å². The van der Waals surface area contributed by atoms with Crippen LogP contribution < -0.4 is 4.90 Å². The minimum Gasteiger partial charge on any atom is -0.331 e. The van der Waals surface area contributed by atoms with E-state index >= 15 is 0 Å². The van der Waals surface area contributed by atoms with E-state index in [-0.39, 0.29) is 17.9 Å². The smallest absolute Gasteiger partial charge is 0.249 e. The van der Waals surface area contributed by atoms with Gasteiger partial charge in [0.25, 0.3) is 0 Å². The second kappa shape index (κ2) is 5.26. The summed E-state index contributed by atoms with van der Waals surface area (Å²) in [7, 11) is 0. The number of benzene rings is 1. The molecule has 2 aliphatic rings. The maximum Gasteiger partial charge on any atom is 0.249 e. The lowest BCUT2D eigenvalue weighted by Gasteiger charge is -2.26. The van der Waals surface area contributed by atoms with E-state index in [1.807, 2.05) is 0 Å². The van der Waals surface area contributed by atoms with Crippen molar-refractivity contribution in [3.8, 4) is 0 Å². The van der Waals surface area contributed by atoms with Gasteiger partial charge in [0, 0.05) is 19.5 Å². The van der Waals surface area contributed by atoms with Crippen molar-refractivity contribution in [3.63, 3.8) is 0 Å². The molecule has 0 aliphatic carbocycles. The van der Waals surface area contributed by atoms with Crippen LogP contribution in [0.5, 0.6) is 0 Å². The summed E-state index contributed by atoms with van der Waals surface area (Å²) in [4.78, 5) is 28.0. The van der Waals surface area contributed by atoms with Gasteiger partial charge in [0.05, 0.1) is 15.7 Å². The van der Waals surface area contributed by atoms with Crippen LogP contribution in [0.15, 0.2) is 18.2 Å². The third-order valence-electron chi connectivity index (χ3n) is 3.90. The van der Waals surface area contributed by atoms with Crippen molar-refractivity contribution in [2.75, 3.05) is 18.0 Å². The molecule has 2 amide bonds. The quantitative estimate of drug-likeness (QED) is 0.800. The average molecular weight is 313 g/mol. The third kappa shape index (κ3) is 2.17. The van der Waals surface area contributed by atoms with Crippen molar-refractivity contribution in [2.24, 2.45) is 0 Å². The minimum atomic E-state index is -0.347. The molecule has 0 N–H and O–H groups in total. The van der Waals surface area contributed by atoms with Crippen LogP contribution in [0.1, 0.15) is 19.3 Å². The molecule has 2 saturated heterocycles. The molecular weight excluding hydrogens is 299 g/mol. The molecule has 1 unspecified atom stereocenters. The Labute approximate surface area is 127 Å². The maximum absolute atomic E-state index is 12.7. The van der Waals surface area contributed by atoms with Gasteiger partial charge >= 0.3 is 0 Å². The molecule has 2 heterocycles. The molecule has 106 valence electrons. The van der Waals surface area contributed by atoms with Gasteiger partial charge in [0.1, 0.15) is 6.04 Å². The zero-order valence-corrected chi connectivity index (χ0v) is 12.3. The van der Waals surface area contributed by atoms with Gasteiger partial charge in [-0.15, -0.1) is 0 Å². The number of fused-ring (bicyclic) bond motifs is 1. The Kier molecular flexibility index (Phi) is 3.61. The first-order chi connectivity index (χ1) is 9.59. The number of nitrogens with zero attached hydrogens (tertiary/aromatic N) is 2. The predicted molar refractivity (Wildman–Crippen MR) is 78.2 cm³/mol. The number of amides is 2. The molecule has 6 heteroatoms. The summed E-state index contributed by atoms with van der Waals surface area (Å²) in [6.45, 7) is 1.02. The molecule has 1 aromatic carbocycles. The molecule has 2 fully saturated rings. The minimum absolute atomic E-state index is 0.0431. The van der Waals surface area contributed by atoms with Crippen LogP contribution in [0, 0.1) is 0 Å². The van der Waals surface area contributed by atoms with Gasteiger partial charge in [-0.3, -0.25) is 9.59 Å². The van der Waals surface area contributed by atoms with Gasteiger partial charge in [-0.25, -0.2) is 0 Å². The number of carbonyl (C=O) groups excluding carboxylic acids is 2. The van der Waals surface area contributed by atoms with Crippen LogP contribution in [0.2, 0.25) is 10.0 Å². The van der Waals surface area contributed by atoms with Crippen molar-refractivity contribution in [3.05, 3.63) is 28.2 Å². The predicted octanol–water partition coefficient (Wildman–Crippen LogP) is 2.72. The summed E-state index contributed by atoms with van der Waals surface area (Å²) in [5.41, 5.74) is 0.589. The molecular formula is C14H14Cl2N2O2. The summed E-state index contributed by atoms with van der Waals surface area (Å²) in [5, 5.41) is 0.775. The number of halogens is 2. The first-order valence-corrected chi connectivity index (χ1v) is 7.40. The Morgan fingerprint density at radius 1 is 1.15 bits per heavy atom. The standard InChI is InChI=1S/C14H14Cl2N2O2/c15-9-3-1-4-10(13(9)16)18-8-6-12(19)17-7-2-5-11(17)14(18)20/h1,3-4,11H,2,5-8H2. The fourth-order valence-corrected chi connectivity index (χ4v) is 3.30. The fraction of sp³-hybridized carbons (Fsp3) is 0.429.